The first-order valence-electron chi connectivity index (χ1n) is 8.70. The molecule has 1 N–H and O–H groups in total. The lowest BCUT2D eigenvalue weighted by molar-refractivity contribution is -0.0148. The van der Waals surface area contributed by atoms with Gasteiger partial charge < -0.3 is 5.32 Å². The zero-order valence-electron chi connectivity index (χ0n) is 13.4. The van der Waals surface area contributed by atoms with E-state index in [9.17, 15) is 0 Å². The molecule has 0 amide bonds. The Labute approximate surface area is 120 Å². The van der Waals surface area contributed by atoms with Crippen molar-refractivity contribution in [1.29, 1.82) is 0 Å². The number of hydrogen-bond donors (Lipinski definition) is 1. The molecule has 1 aliphatic carbocycles. The maximum atomic E-state index is 3.99. The zero-order valence-corrected chi connectivity index (χ0v) is 13.4. The molecule has 2 fully saturated rings. The molecule has 0 aromatic heterocycles. The molecule has 0 unspecified atom stereocenters. The van der Waals surface area contributed by atoms with E-state index in [-0.39, 0.29) is 0 Å². The van der Waals surface area contributed by atoms with Crippen LogP contribution in [0.2, 0.25) is 0 Å². The molecule has 1 saturated carbocycles. The second-order valence-electron chi connectivity index (χ2n) is 6.90. The Balaban J connectivity index is 2.09. The molecule has 2 aliphatic rings. The Morgan fingerprint density at radius 2 is 1.68 bits per heavy atom. The minimum atomic E-state index is 0.428. The lowest BCUT2D eigenvalue weighted by Gasteiger charge is -2.56. The van der Waals surface area contributed by atoms with Gasteiger partial charge >= 0.3 is 0 Å². The lowest BCUT2D eigenvalue weighted by Crippen LogP contribution is -2.70. The molecule has 1 spiro atoms. The molecule has 1 aliphatic heterocycles. The summed E-state index contributed by atoms with van der Waals surface area (Å²) >= 11 is 0. The van der Waals surface area contributed by atoms with Gasteiger partial charge in [-0.25, -0.2) is 0 Å². The van der Waals surface area contributed by atoms with Crippen molar-refractivity contribution in [3.8, 4) is 0 Å². The summed E-state index contributed by atoms with van der Waals surface area (Å²) in [6, 6.07) is 0. The zero-order chi connectivity index (χ0) is 13.8. The summed E-state index contributed by atoms with van der Waals surface area (Å²) in [5, 5.41) is 3.99. The van der Waals surface area contributed by atoms with Crippen molar-refractivity contribution in [2.24, 2.45) is 0 Å². The monoisotopic (exact) mass is 266 g/mol. The van der Waals surface area contributed by atoms with Gasteiger partial charge in [-0.3, -0.25) is 4.90 Å². The van der Waals surface area contributed by atoms with E-state index in [1.54, 1.807) is 0 Å². The fourth-order valence-electron chi connectivity index (χ4n) is 4.23. The molecule has 0 radical (unpaired) electrons. The Kier molecular flexibility index (Phi) is 5.30. The largest absolute Gasteiger partial charge is 0.308 e. The fraction of sp³-hybridized carbons (Fsp3) is 1.00. The van der Waals surface area contributed by atoms with E-state index in [2.05, 4.69) is 31.0 Å². The Bertz CT molecular complexity index is 264. The van der Waals surface area contributed by atoms with Gasteiger partial charge in [-0.2, -0.15) is 0 Å². The van der Waals surface area contributed by atoms with E-state index in [0.717, 1.165) is 0 Å². The third-order valence-corrected chi connectivity index (χ3v) is 5.87. The van der Waals surface area contributed by atoms with Crippen LogP contribution in [0.1, 0.15) is 78.6 Å². The van der Waals surface area contributed by atoms with Crippen LogP contribution in [0.25, 0.3) is 0 Å². The predicted molar refractivity (Wildman–Crippen MR) is 83.6 cm³/mol. The smallest absolute Gasteiger partial charge is 0.0329 e. The summed E-state index contributed by atoms with van der Waals surface area (Å²) in [7, 11) is 0. The molecular formula is C17H34N2. The second kappa shape index (κ2) is 6.58. The van der Waals surface area contributed by atoms with Gasteiger partial charge in [0.15, 0.2) is 0 Å². The molecular weight excluding hydrogens is 232 g/mol. The highest BCUT2D eigenvalue weighted by Gasteiger charge is 2.45. The van der Waals surface area contributed by atoms with Crippen molar-refractivity contribution < 1.29 is 0 Å². The van der Waals surface area contributed by atoms with Crippen molar-refractivity contribution in [3.63, 3.8) is 0 Å². The standard InChI is InChI=1S/C17H34N2/c1-4-7-13-19-15-16(11-9-8-10-12-16)18-14-17(19,5-2)6-3/h18H,4-15H2,1-3H3. The molecule has 2 rings (SSSR count). The fourth-order valence-corrected chi connectivity index (χ4v) is 4.23. The molecule has 2 nitrogen and oxygen atoms in total. The van der Waals surface area contributed by atoms with Gasteiger partial charge in [0.1, 0.15) is 0 Å². The first-order chi connectivity index (χ1) is 9.20. The third-order valence-electron chi connectivity index (χ3n) is 5.87. The number of nitrogens with one attached hydrogen (secondary N) is 1. The van der Waals surface area contributed by atoms with E-state index in [4.69, 9.17) is 0 Å². The van der Waals surface area contributed by atoms with E-state index in [0.29, 0.717) is 11.1 Å². The Morgan fingerprint density at radius 1 is 1.00 bits per heavy atom. The van der Waals surface area contributed by atoms with E-state index >= 15 is 0 Å². The van der Waals surface area contributed by atoms with Gasteiger partial charge in [0.2, 0.25) is 0 Å². The van der Waals surface area contributed by atoms with Crippen molar-refractivity contribution in [1.82, 2.24) is 10.2 Å². The molecule has 112 valence electrons. The number of piperazine rings is 1. The normalized spacial score (nSPS) is 26.7. The van der Waals surface area contributed by atoms with Crippen molar-refractivity contribution in [2.75, 3.05) is 19.6 Å². The molecule has 0 atom stereocenters. The van der Waals surface area contributed by atoms with E-state index in [1.807, 2.05) is 0 Å². The highest BCUT2D eigenvalue weighted by molar-refractivity contribution is 5.05. The minimum Gasteiger partial charge on any atom is -0.308 e. The maximum Gasteiger partial charge on any atom is 0.0329 e. The van der Waals surface area contributed by atoms with Gasteiger partial charge in [-0.05, 0) is 38.6 Å². The van der Waals surface area contributed by atoms with Crippen molar-refractivity contribution >= 4 is 0 Å². The number of hydrogen-bond acceptors (Lipinski definition) is 2. The van der Waals surface area contributed by atoms with E-state index < -0.39 is 0 Å². The SMILES string of the molecule is CCCCN1CC2(CCCCC2)NCC1(CC)CC. The highest BCUT2D eigenvalue weighted by Crippen LogP contribution is 2.37. The topological polar surface area (TPSA) is 15.3 Å². The van der Waals surface area contributed by atoms with Gasteiger partial charge in [0, 0.05) is 24.2 Å². The first kappa shape index (κ1) is 15.3. The lowest BCUT2D eigenvalue weighted by atomic mass is 9.75. The van der Waals surface area contributed by atoms with Crippen LogP contribution >= 0.6 is 0 Å². The predicted octanol–water partition coefficient (Wildman–Crippen LogP) is 3.95. The van der Waals surface area contributed by atoms with Crippen LogP contribution in [-0.4, -0.2) is 35.6 Å². The number of unbranched alkanes of at least 4 members (excludes halogenated alkanes) is 1. The van der Waals surface area contributed by atoms with Crippen LogP contribution in [0, 0.1) is 0 Å². The summed E-state index contributed by atoms with van der Waals surface area (Å²) in [5.41, 5.74) is 0.887. The maximum absolute atomic E-state index is 3.99. The van der Waals surface area contributed by atoms with Crippen molar-refractivity contribution in [2.45, 2.75) is 89.6 Å². The van der Waals surface area contributed by atoms with Crippen LogP contribution < -0.4 is 5.32 Å². The first-order valence-corrected chi connectivity index (χ1v) is 8.70. The summed E-state index contributed by atoms with van der Waals surface area (Å²) in [5.74, 6) is 0. The van der Waals surface area contributed by atoms with Gasteiger partial charge in [-0.1, -0.05) is 46.5 Å². The van der Waals surface area contributed by atoms with E-state index in [1.165, 1.54) is 77.4 Å². The summed E-state index contributed by atoms with van der Waals surface area (Å²) in [6.45, 7) is 10.9. The highest BCUT2D eigenvalue weighted by atomic mass is 15.3. The molecule has 2 heteroatoms. The van der Waals surface area contributed by atoms with Crippen LogP contribution in [0.5, 0.6) is 0 Å². The second-order valence-corrected chi connectivity index (χ2v) is 6.90. The number of nitrogens with zero attached hydrogens (tertiary/aromatic N) is 1. The molecule has 19 heavy (non-hydrogen) atoms. The molecule has 0 bridgehead atoms. The summed E-state index contributed by atoms with van der Waals surface area (Å²) in [4.78, 5) is 2.86. The third kappa shape index (κ3) is 3.16. The summed E-state index contributed by atoms with van der Waals surface area (Å²) in [6.07, 6.45) is 12.4. The number of rotatable bonds is 5. The van der Waals surface area contributed by atoms with Crippen LogP contribution in [-0.2, 0) is 0 Å². The van der Waals surface area contributed by atoms with Crippen LogP contribution in [0.15, 0.2) is 0 Å². The van der Waals surface area contributed by atoms with Crippen LogP contribution in [0.3, 0.4) is 0 Å². The quantitative estimate of drug-likeness (QED) is 0.810. The van der Waals surface area contributed by atoms with Crippen molar-refractivity contribution in [3.05, 3.63) is 0 Å². The Hall–Kier alpha value is -0.0800. The Morgan fingerprint density at radius 3 is 2.26 bits per heavy atom. The van der Waals surface area contributed by atoms with Gasteiger partial charge in [0.05, 0.1) is 0 Å². The summed E-state index contributed by atoms with van der Waals surface area (Å²) < 4.78 is 0. The minimum absolute atomic E-state index is 0.428. The molecule has 1 saturated heterocycles. The average molecular weight is 266 g/mol. The van der Waals surface area contributed by atoms with Crippen LogP contribution in [0.4, 0.5) is 0 Å². The molecule has 0 aromatic carbocycles. The average Bonchev–Trinajstić information content (AvgIpc) is 2.47. The van der Waals surface area contributed by atoms with Gasteiger partial charge in [0.25, 0.3) is 0 Å². The molecule has 1 heterocycles. The molecule has 0 aromatic rings. The van der Waals surface area contributed by atoms with Gasteiger partial charge in [-0.15, -0.1) is 0 Å².